The lowest BCUT2D eigenvalue weighted by atomic mass is 9.98. The molecule has 0 spiro atoms. The largest absolute Gasteiger partial charge is 0.376 e. The van der Waals surface area contributed by atoms with Gasteiger partial charge in [-0.15, -0.1) is 0 Å². The lowest BCUT2D eigenvalue weighted by Gasteiger charge is -2.23. The van der Waals surface area contributed by atoms with Gasteiger partial charge in [-0.25, -0.2) is 0 Å². The maximum absolute atomic E-state index is 6.37. The van der Waals surface area contributed by atoms with Gasteiger partial charge < -0.3 is 15.2 Å². The van der Waals surface area contributed by atoms with E-state index in [1.165, 1.54) is 11.1 Å². The predicted molar refractivity (Wildman–Crippen MR) is 77.1 cm³/mol. The van der Waals surface area contributed by atoms with Gasteiger partial charge in [0.1, 0.15) is 0 Å². The summed E-state index contributed by atoms with van der Waals surface area (Å²) in [5, 5.41) is 0. The van der Waals surface area contributed by atoms with Gasteiger partial charge >= 0.3 is 0 Å². The summed E-state index contributed by atoms with van der Waals surface area (Å²) in [5.41, 5.74) is 8.99. The molecule has 1 aliphatic carbocycles. The zero-order valence-electron chi connectivity index (χ0n) is 12.0. The Morgan fingerprint density at radius 1 is 1.26 bits per heavy atom. The Morgan fingerprint density at radius 3 is 2.84 bits per heavy atom. The molecule has 2 N–H and O–H groups in total. The third-order valence-electron chi connectivity index (χ3n) is 3.62. The normalized spacial score (nSPS) is 23.2. The molecular formula is C16H25NO2. The number of ether oxygens (including phenoxy) is 2. The van der Waals surface area contributed by atoms with Crippen molar-refractivity contribution in [2.24, 2.45) is 5.73 Å². The van der Waals surface area contributed by atoms with Crippen LogP contribution in [0, 0.1) is 0 Å². The molecule has 106 valence electrons. The molecule has 2 atom stereocenters. The molecule has 3 heteroatoms. The number of rotatable bonds is 5. The van der Waals surface area contributed by atoms with Gasteiger partial charge in [0.15, 0.2) is 0 Å². The van der Waals surface area contributed by atoms with E-state index >= 15 is 0 Å². The second kappa shape index (κ2) is 7.04. The first-order valence-electron chi connectivity index (χ1n) is 7.25. The summed E-state index contributed by atoms with van der Waals surface area (Å²) in [4.78, 5) is 0. The van der Waals surface area contributed by atoms with Gasteiger partial charge in [-0.3, -0.25) is 0 Å². The Kier molecular flexibility index (Phi) is 5.37. The highest BCUT2D eigenvalue weighted by Crippen LogP contribution is 2.28. The summed E-state index contributed by atoms with van der Waals surface area (Å²) >= 11 is 0. The van der Waals surface area contributed by atoms with Gasteiger partial charge in [0, 0.05) is 0 Å². The fourth-order valence-electron chi connectivity index (χ4n) is 2.63. The highest BCUT2D eigenvalue weighted by Gasteiger charge is 2.24. The third-order valence-corrected chi connectivity index (χ3v) is 3.62. The van der Waals surface area contributed by atoms with Crippen LogP contribution in [0.4, 0.5) is 0 Å². The first-order chi connectivity index (χ1) is 9.18. The van der Waals surface area contributed by atoms with Crippen LogP contribution in [0.5, 0.6) is 0 Å². The van der Waals surface area contributed by atoms with Crippen LogP contribution in [0.25, 0.3) is 0 Å². The Morgan fingerprint density at radius 2 is 2.05 bits per heavy atom. The van der Waals surface area contributed by atoms with Crippen LogP contribution in [0.15, 0.2) is 24.3 Å². The maximum Gasteiger partial charge on any atom is 0.0769 e. The van der Waals surface area contributed by atoms with Crippen LogP contribution in [0.3, 0.4) is 0 Å². The van der Waals surface area contributed by atoms with Crippen LogP contribution in [0.2, 0.25) is 0 Å². The van der Waals surface area contributed by atoms with E-state index in [0.717, 1.165) is 19.3 Å². The summed E-state index contributed by atoms with van der Waals surface area (Å²) < 4.78 is 11.4. The number of hydrogen-bond acceptors (Lipinski definition) is 3. The predicted octanol–water partition coefficient (Wildman–Crippen LogP) is 2.83. The molecule has 1 aliphatic rings. The standard InChI is InChI=1S/C16H25NO2/c1-12(2)18-10-11-19-15-9-5-7-13-6-3-4-8-14(13)16(15)17/h3-4,6,8,12,15-16H,5,7,9-11,17H2,1-2H3. The smallest absolute Gasteiger partial charge is 0.0769 e. The molecule has 2 unspecified atom stereocenters. The summed E-state index contributed by atoms with van der Waals surface area (Å²) in [6, 6.07) is 8.44. The Bertz CT molecular complexity index is 392. The average molecular weight is 263 g/mol. The topological polar surface area (TPSA) is 44.5 Å². The van der Waals surface area contributed by atoms with E-state index in [-0.39, 0.29) is 18.2 Å². The fourth-order valence-corrected chi connectivity index (χ4v) is 2.63. The summed E-state index contributed by atoms with van der Waals surface area (Å²) in [6.07, 6.45) is 3.64. The quantitative estimate of drug-likeness (QED) is 0.656. The number of aryl methyl sites for hydroxylation is 1. The van der Waals surface area contributed by atoms with E-state index in [2.05, 4.69) is 24.3 Å². The molecule has 0 fully saturated rings. The maximum atomic E-state index is 6.37. The molecule has 0 heterocycles. The van der Waals surface area contributed by atoms with Crippen molar-refractivity contribution in [3.8, 4) is 0 Å². The van der Waals surface area contributed by atoms with Gasteiger partial charge in [0.05, 0.1) is 31.5 Å². The van der Waals surface area contributed by atoms with Crippen molar-refractivity contribution in [3.63, 3.8) is 0 Å². The van der Waals surface area contributed by atoms with E-state index in [9.17, 15) is 0 Å². The highest BCUT2D eigenvalue weighted by atomic mass is 16.5. The fraction of sp³-hybridized carbons (Fsp3) is 0.625. The van der Waals surface area contributed by atoms with Crippen LogP contribution in [-0.2, 0) is 15.9 Å². The van der Waals surface area contributed by atoms with Gasteiger partial charge in [0.25, 0.3) is 0 Å². The van der Waals surface area contributed by atoms with E-state index in [1.54, 1.807) is 0 Å². The van der Waals surface area contributed by atoms with E-state index < -0.39 is 0 Å². The summed E-state index contributed by atoms with van der Waals surface area (Å²) in [7, 11) is 0. The minimum atomic E-state index is -0.0160. The Balaban J connectivity index is 1.92. The molecule has 0 radical (unpaired) electrons. The molecule has 1 aromatic rings. The lowest BCUT2D eigenvalue weighted by Crippen LogP contribution is -2.29. The van der Waals surface area contributed by atoms with Crippen molar-refractivity contribution in [1.82, 2.24) is 0 Å². The highest BCUT2D eigenvalue weighted by molar-refractivity contribution is 5.31. The van der Waals surface area contributed by atoms with Crippen LogP contribution in [-0.4, -0.2) is 25.4 Å². The number of fused-ring (bicyclic) bond motifs is 1. The Hall–Kier alpha value is -0.900. The van der Waals surface area contributed by atoms with Gasteiger partial charge in [-0.1, -0.05) is 24.3 Å². The lowest BCUT2D eigenvalue weighted by molar-refractivity contribution is -0.0236. The van der Waals surface area contributed by atoms with Crippen molar-refractivity contribution in [3.05, 3.63) is 35.4 Å². The molecule has 0 aromatic heterocycles. The SMILES string of the molecule is CC(C)OCCOC1CCCc2ccccc2C1N. The second-order valence-electron chi connectivity index (χ2n) is 5.45. The molecule has 0 saturated heterocycles. The number of nitrogens with two attached hydrogens (primary N) is 1. The molecule has 0 saturated carbocycles. The van der Waals surface area contributed by atoms with E-state index in [4.69, 9.17) is 15.2 Å². The molecule has 2 rings (SSSR count). The van der Waals surface area contributed by atoms with E-state index in [0.29, 0.717) is 13.2 Å². The molecular weight excluding hydrogens is 238 g/mol. The van der Waals surface area contributed by atoms with E-state index in [1.807, 2.05) is 13.8 Å². The Labute approximate surface area is 116 Å². The third kappa shape index (κ3) is 4.03. The van der Waals surface area contributed by atoms with Gasteiger partial charge in [-0.05, 0) is 44.2 Å². The monoisotopic (exact) mass is 263 g/mol. The molecule has 0 amide bonds. The van der Waals surface area contributed by atoms with Gasteiger partial charge in [-0.2, -0.15) is 0 Å². The summed E-state index contributed by atoms with van der Waals surface area (Å²) in [5.74, 6) is 0. The minimum Gasteiger partial charge on any atom is -0.376 e. The minimum absolute atomic E-state index is 0.0160. The zero-order valence-corrected chi connectivity index (χ0v) is 12.0. The van der Waals surface area contributed by atoms with Crippen LogP contribution < -0.4 is 5.73 Å². The summed E-state index contributed by atoms with van der Waals surface area (Å²) in [6.45, 7) is 5.34. The first kappa shape index (κ1) is 14.5. The number of hydrogen-bond donors (Lipinski definition) is 1. The van der Waals surface area contributed by atoms with Crippen LogP contribution in [0.1, 0.15) is 43.9 Å². The van der Waals surface area contributed by atoms with Gasteiger partial charge in [0.2, 0.25) is 0 Å². The van der Waals surface area contributed by atoms with Crippen molar-refractivity contribution >= 4 is 0 Å². The van der Waals surface area contributed by atoms with Crippen molar-refractivity contribution in [1.29, 1.82) is 0 Å². The van der Waals surface area contributed by atoms with Crippen molar-refractivity contribution in [2.45, 2.75) is 51.4 Å². The molecule has 1 aromatic carbocycles. The molecule has 3 nitrogen and oxygen atoms in total. The first-order valence-corrected chi connectivity index (χ1v) is 7.25. The van der Waals surface area contributed by atoms with Crippen molar-refractivity contribution < 1.29 is 9.47 Å². The number of benzene rings is 1. The van der Waals surface area contributed by atoms with Crippen LogP contribution >= 0.6 is 0 Å². The molecule has 19 heavy (non-hydrogen) atoms. The molecule has 0 bridgehead atoms. The average Bonchev–Trinajstić information content (AvgIpc) is 2.55. The van der Waals surface area contributed by atoms with Crippen molar-refractivity contribution in [2.75, 3.05) is 13.2 Å². The zero-order chi connectivity index (χ0) is 13.7. The molecule has 0 aliphatic heterocycles. The second-order valence-corrected chi connectivity index (χ2v) is 5.45.